The lowest BCUT2D eigenvalue weighted by molar-refractivity contribution is -0.143. The van der Waals surface area contributed by atoms with Crippen LogP contribution >= 0.6 is 8.58 Å². The fourth-order valence-electron chi connectivity index (χ4n) is 3.30. The van der Waals surface area contributed by atoms with Gasteiger partial charge in [-0.3, -0.25) is 4.79 Å². The molecule has 0 bridgehead atoms. The van der Waals surface area contributed by atoms with Crippen molar-refractivity contribution >= 4 is 19.4 Å². The van der Waals surface area contributed by atoms with Gasteiger partial charge in [0, 0.05) is 17.7 Å². The maximum atomic E-state index is 13.7. The normalized spacial score (nSPS) is 14.8. The molecule has 4 unspecified atom stereocenters. The topological polar surface area (TPSA) is 44.8 Å². The minimum atomic E-state index is -5.17. The summed E-state index contributed by atoms with van der Waals surface area (Å²) in [6.07, 6.45) is -9.46. The maximum Gasteiger partial charge on any atom is 0.417 e. The zero-order valence-corrected chi connectivity index (χ0v) is 23.1. The Labute approximate surface area is 220 Å². The van der Waals surface area contributed by atoms with E-state index >= 15 is 0 Å². The monoisotopic (exact) mass is 566 g/mol. The van der Waals surface area contributed by atoms with E-state index in [0.717, 1.165) is 0 Å². The minimum Gasteiger partial charge on any atom is -0.490 e. The zero-order valence-electron chi connectivity index (χ0n) is 22.1. The Balaban J connectivity index is 2.76. The van der Waals surface area contributed by atoms with Crippen molar-refractivity contribution in [2.75, 3.05) is 0 Å². The number of alkyl halides is 6. The molecule has 0 radical (unpaired) electrons. The summed E-state index contributed by atoms with van der Waals surface area (Å²) in [6.45, 7) is 11.0. The van der Waals surface area contributed by atoms with Gasteiger partial charge in [-0.1, -0.05) is 26.8 Å². The summed E-state index contributed by atoms with van der Waals surface area (Å²) in [5.74, 6) is 0.579. The van der Waals surface area contributed by atoms with Crippen LogP contribution in [0.4, 0.5) is 26.3 Å². The first-order chi connectivity index (χ1) is 17.6. The van der Waals surface area contributed by atoms with E-state index in [2.05, 4.69) is 0 Å². The molecule has 0 saturated carbocycles. The molecule has 0 heterocycles. The van der Waals surface area contributed by atoms with Gasteiger partial charge in [-0.05, 0) is 60.7 Å². The first-order valence-corrected chi connectivity index (χ1v) is 13.4. The number of ether oxygens (including phenoxy) is 3. The number of benzene rings is 2. The van der Waals surface area contributed by atoms with E-state index in [0.29, 0.717) is 43.2 Å². The third-order valence-corrected chi connectivity index (χ3v) is 7.12. The Morgan fingerprint density at radius 3 is 1.53 bits per heavy atom. The average molecular weight is 567 g/mol. The molecule has 0 saturated heterocycles. The van der Waals surface area contributed by atoms with Crippen LogP contribution in [-0.4, -0.2) is 23.8 Å². The van der Waals surface area contributed by atoms with Crippen molar-refractivity contribution in [3.05, 3.63) is 47.0 Å². The fraction of sp³-hybridized carbons (Fsp3) is 0.519. The summed E-state index contributed by atoms with van der Waals surface area (Å²) in [5.41, 5.74) is -6.04. The molecule has 2 aromatic rings. The summed E-state index contributed by atoms with van der Waals surface area (Å²) in [4.78, 5) is 13.3. The van der Waals surface area contributed by atoms with Crippen LogP contribution in [0.15, 0.2) is 30.3 Å². The second-order valence-electron chi connectivity index (χ2n) is 8.98. The molecule has 0 spiro atoms. The Kier molecular flexibility index (Phi) is 10.9. The Hall–Kier alpha value is -2.48. The Bertz CT molecular complexity index is 1030. The Morgan fingerprint density at radius 2 is 1.16 bits per heavy atom. The van der Waals surface area contributed by atoms with Crippen LogP contribution < -0.4 is 19.5 Å². The Morgan fingerprint density at radius 1 is 0.763 bits per heavy atom. The molecule has 4 atom stereocenters. The fourth-order valence-corrected chi connectivity index (χ4v) is 4.43. The first kappa shape index (κ1) is 31.7. The largest absolute Gasteiger partial charge is 0.490 e. The number of carbonyl (C=O) groups excluding carboxylic acids is 1. The third kappa shape index (κ3) is 8.26. The van der Waals surface area contributed by atoms with Crippen LogP contribution in [0.3, 0.4) is 0 Å². The van der Waals surface area contributed by atoms with Gasteiger partial charge in [0.2, 0.25) is 0 Å². The molecule has 212 valence electrons. The van der Waals surface area contributed by atoms with E-state index in [-0.39, 0.29) is 35.1 Å². The van der Waals surface area contributed by atoms with Gasteiger partial charge in [0.1, 0.15) is 17.2 Å². The molecule has 11 heteroatoms. The molecule has 0 aliphatic rings. The quantitative estimate of drug-likeness (QED) is 0.191. The highest BCUT2D eigenvalue weighted by Crippen LogP contribution is 2.43. The molecule has 2 aromatic carbocycles. The highest BCUT2D eigenvalue weighted by atomic mass is 31.1. The molecule has 2 rings (SSSR count). The van der Waals surface area contributed by atoms with E-state index in [1.54, 1.807) is 13.8 Å². The van der Waals surface area contributed by atoms with E-state index < -0.39 is 43.1 Å². The van der Waals surface area contributed by atoms with E-state index in [4.69, 9.17) is 14.2 Å². The zero-order chi connectivity index (χ0) is 28.8. The predicted molar refractivity (Wildman–Crippen MR) is 136 cm³/mol. The summed E-state index contributed by atoms with van der Waals surface area (Å²) in [5, 5.41) is 0.0807. The van der Waals surface area contributed by atoms with Crippen LogP contribution in [0.1, 0.15) is 82.3 Å². The van der Waals surface area contributed by atoms with Gasteiger partial charge < -0.3 is 14.2 Å². The summed E-state index contributed by atoms with van der Waals surface area (Å²) in [6, 6.07) is 4.59. The second-order valence-corrected chi connectivity index (χ2v) is 10.2. The van der Waals surface area contributed by atoms with Crippen molar-refractivity contribution in [1.29, 1.82) is 0 Å². The van der Waals surface area contributed by atoms with Crippen LogP contribution in [0, 0.1) is 0 Å². The van der Waals surface area contributed by atoms with Crippen molar-refractivity contribution in [2.45, 2.75) is 91.5 Å². The van der Waals surface area contributed by atoms with Gasteiger partial charge >= 0.3 is 12.4 Å². The lowest BCUT2D eigenvalue weighted by atomic mass is 10.0. The SMILES string of the molecule is CCC(C)Oc1cc(OC(C)CC)c(PC(=O)c2c(C(F)(F)F)cccc2C(F)(F)F)c(OC(C)CC)c1. The molecule has 0 aliphatic heterocycles. The van der Waals surface area contributed by atoms with Gasteiger partial charge in [0.25, 0.3) is 0 Å². The molecule has 38 heavy (non-hydrogen) atoms. The first-order valence-electron chi connectivity index (χ1n) is 12.4. The average Bonchev–Trinajstić information content (AvgIpc) is 2.83. The van der Waals surface area contributed by atoms with Crippen molar-refractivity contribution in [3.8, 4) is 17.2 Å². The minimum absolute atomic E-state index is 0.0807. The van der Waals surface area contributed by atoms with Gasteiger partial charge in [-0.15, -0.1) is 0 Å². The molecule has 0 aromatic heterocycles. The number of rotatable bonds is 12. The predicted octanol–water partition coefficient (Wildman–Crippen LogP) is 8.40. The van der Waals surface area contributed by atoms with Gasteiger partial charge in [0.15, 0.2) is 5.52 Å². The molecular formula is C27H33F6O4P. The second kappa shape index (κ2) is 13.0. The maximum absolute atomic E-state index is 13.7. The van der Waals surface area contributed by atoms with E-state index in [1.807, 2.05) is 27.7 Å². The third-order valence-electron chi connectivity index (χ3n) is 5.90. The smallest absolute Gasteiger partial charge is 0.417 e. The summed E-state index contributed by atoms with van der Waals surface area (Å²) < 4.78 is 100. The highest BCUT2D eigenvalue weighted by molar-refractivity contribution is 7.66. The van der Waals surface area contributed by atoms with Gasteiger partial charge in [-0.2, -0.15) is 26.3 Å². The molecular weight excluding hydrogens is 533 g/mol. The number of halogens is 6. The standard InChI is InChI=1S/C27H33F6O4P/c1-7-15(4)35-18-13-21(36-16(5)8-2)24(22(14-18)37-17(6)9-3)38-25(34)23-19(26(28,29)30)11-10-12-20(23)27(31,32)33/h10-17,38H,7-9H2,1-6H3. The van der Waals surface area contributed by atoms with E-state index in [1.165, 1.54) is 12.1 Å². The molecule has 0 amide bonds. The highest BCUT2D eigenvalue weighted by Gasteiger charge is 2.43. The molecule has 4 nitrogen and oxygen atoms in total. The lowest BCUT2D eigenvalue weighted by Crippen LogP contribution is -2.22. The van der Waals surface area contributed by atoms with Crippen molar-refractivity contribution < 1.29 is 45.3 Å². The van der Waals surface area contributed by atoms with E-state index in [9.17, 15) is 31.1 Å². The van der Waals surface area contributed by atoms with Crippen LogP contribution in [0.25, 0.3) is 0 Å². The number of carbonyl (C=O) groups is 1. The van der Waals surface area contributed by atoms with Gasteiger partial charge in [0.05, 0.1) is 34.7 Å². The molecule has 0 aliphatic carbocycles. The van der Waals surface area contributed by atoms with Crippen LogP contribution in [0.2, 0.25) is 0 Å². The summed E-state index contributed by atoms with van der Waals surface area (Å²) >= 11 is 0. The van der Waals surface area contributed by atoms with Gasteiger partial charge in [-0.25, -0.2) is 0 Å². The molecule has 0 fully saturated rings. The van der Waals surface area contributed by atoms with Crippen LogP contribution in [0.5, 0.6) is 17.2 Å². The summed E-state index contributed by atoms with van der Waals surface area (Å²) in [7, 11) is -1.15. The number of hydrogen-bond acceptors (Lipinski definition) is 4. The van der Waals surface area contributed by atoms with Crippen molar-refractivity contribution in [2.24, 2.45) is 0 Å². The van der Waals surface area contributed by atoms with Crippen LogP contribution in [-0.2, 0) is 12.4 Å². The lowest BCUT2D eigenvalue weighted by Gasteiger charge is -2.24. The number of hydrogen-bond donors (Lipinski definition) is 0. The molecule has 0 N–H and O–H groups in total. The van der Waals surface area contributed by atoms with Crippen molar-refractivity contribution in [1.82, 2.24) is 0 Å². The van der Waals surface area contributed by atoms with Crippen molar-refractivity contribution in [3.63, 3.8) is 0 Å².